The zero-order valence-electron chi connectivity index (χ0n) is 16.4. The van der Waals surface area contributed by atoms with Crippen molar-refractivity contribution >= 4 is 62.9 Å². The molecule has 2 N–H and O–H groups in total. The molecule has 0 aliphatic carbocycles. The van der Waals surface area contributed by atoms with Crippen molar-refractivity contribution in [2.45, 2.75) is 6.92 Å². The van der Waals surface area contributed by atoms with E-state index in [1.165, 1.54) is 6.92 Å². The maximum absolute atomic E-state index is 13.3. The molecular weight excluding hydrogens is 433 g/mol. The van der Waals surface area contributed by atoms with E-state index in [0.29, 0.717) is 38.1 Å². The largest absolute Gasteiger partial charge is 0.354 e. The Kier molecular flexibility index (Phi) is 5.89. The molecule has 0 unspecified atom stereocenters. The fraction of sp³-hybridized carbons (Fsp3) is 0.0417. The summed E-state index contributed by atoms with van der Waals surface area (Å²) in [6.07, 6.45) is 1.56. The number of nitrogens with one attached hydrogen (secondary N) is 2. The number of aromatic nitrogens is 1. The minimum absolute atomic E-state index is 0.147. The van der Waals surface area contributed by atoms with Crippen LogP contribution in [-0.2, 0) is 4.79 Å². The van der Waals surface area contributed by atoms with Gasteiger partial charge in [-0.05, 0) is 66.7 Å². The number of hydrogen-bond acceptors (Lipinski definition) is 4. The zero-order chi connectivity index (χ0) is 22.0. The molecule has 5 nitrogen and oxygen atoms in total. The zero-order valence-corrected chi connectivity index (χ0v) is 18.0. The van der Waals surface area contributed by atoms with Gasteiger partial charge in [-0.15, -0.1) is 0 Å². The van der Waals surface area contributed by atoms with Gasteiger partial charge in [0, 0.05) is 45.5 Å². The van der Waals surface area contributed by atoms with Crippen LogP contribution in [0.3, 0.4) is 0 Å². The highest BCUT2D eigenvalue weighted by atomic mass is 35.5. The molecule has 0 saturated heterocycles. The molecule has 1 amide bonds. The van der Waals surface area contributed by atoms with Gasteiger partial charge in [0.05, 0.1) is 16.8 Å². The van der Waals surface area contributed by atoms with Crippen LogP contribution in [0.4, 0.5) is 17.1 Å². The number of ketones is 1. The Morgan fingerprint density at radius 2 is 1.48 bits per heavy atom. The molecule has 0 spiro atoms. The first-order chi connectivity index (χ1) is 14.9. The second-order valence-corrected chi connectivity index (χ2v) is 7.80. The maximum atomic E-state index is 13.3. The highest BCUT2D eigenvalue weighted by Crippen LogP contribution is 2.33. The highest BCUT2D eigenvalue weighted by Gasteiger charge is 2.18. The minimum Gasteiger partial charge on any atom is -0.354 e. The van der Waals surface area contributed by atoms with Gasteiger partial charge in [0.25, 0.3) is 0 Å². The molecule has 3 aromatic carbocycles. The predicted molar refractivity (Wildman–Crippen MR) is 126 cm³/mol. The van der Waals surface area contributed by atoms with Crippen LogP contribution < -0.4 is 10.6 Å². The molecule has 0 aliphatic rings. The van der Waals surface area contributed by atoms with Gasteiger partial charge in [-0.25, -0.2) is 0 Å². The first kappa shape index (κ1) is 20.8. The number of hydrogen-bond donors (Lipinski definition) is 2. The second-order valence-electron chi connectivity index (χ2n) is 6.93. The molecule has 4 rings (SSSR count). The molecule has 7 heteroatoms. The van der Waals surface area contributed by atoms with Crippen LogP contribution in [0.1, 0.15) is 22.8 Å². The molecule has 0 bridgehead atoms. The molecular formula is C24H17Cl2N3O2. The van der Waals surface area contributed by atoms with E-state index >= 15 is 0 Å². The Morgan fingerprint density at radius 1 is 0.839 bits per heavy atom. The van der Waals surface area contributed by atoms with E-state index in [4.69, 9.17) is 23.2 Å². The smallest absolute Gasteiger partial charge is 0.221 e. The van der Waals surface area contributed by atoms with Crippen molar-refractivity contribution in [2.24, 2.45) is 0 Å². The van der Waals surface area contributed by atoms with Gasteiger partial charge >= 0.3 is 0 Å². The molecule has 154 valence electrons. The lowest BCUT2D eigenvalue weighted by molar-refractivity contribution is -0.114. The van der Waals surface area contributed by atoms with Crippen LogP contribution in [0.25, 0.3) is 10.9 Å². The molecule has 1 heterocycles. The van der Waals surface area contributed by atoms with E-state index in [2.05, 4.69) is 15.6 Å². The van der Waals surface area contributed by atoms with Crippen molar-refractivity contribution in [3.05, 3.63) is 94.1 Å². The number of fused-ring (bicyclic) bond motifs is 1. The summed E-state index contributed by atoms with van der Waals surface area (Å²) in [5, 5.41) is 7.87. The lowest BCUT2D eigenvalue weighted by Crippen LogP contribution is -2.08. The number of anilines is 3. The Balaban J connectivity index is 1.80. The van der Waals surface area contributed by atoms with Gasteiger partial charge in [-0.3, -0.25) is 14.6 Å². The third-order valence-electron chi connectivity index (χ3n) is 4.66. The van der Waals surface area contributed by atoms with Gasteiger partial charge in [0.2, 0.25) is 5.91 Å². The highest BCUT2D eigenvalue weighted by molar-refractivity contribution is 6.32. The van der Waals surface area contributed by atoms with Crippen LogP contribution in [-0.4, -0.2) is 16.7 Å². The molecule has 0 fully saturated rings. The van der Waals surface area contributed by atoms with E-state index in [0.717, 1.165) is 11.1 Å². The molecule has 0 aliphatic heterocycles. The fourth-order valence-corrected chi connectivity index (χ4v) is 3.51. The number of benzene rings is 3. The van der Waals surface area contributed by atoms with Crippen LogP contribution in [0.5, 0.6) is 0 Å². The summed E-state index contributed by atoms with van der Waals surface area (Å²) in [5.74, 6) is -0.338. The van der Waals surface area contributed by atoms with Gasteiger partial charge in [-0.1, -0.05) is 23.2 Å². The number of amides is 1. The lowest BCUT2D eigenvalue weighted by Gasteiger charge is -2.15. The Bertz CT molecular complexity index is 1290. The number of rotatable bonds is 5. The third kappa shape index (κ3) is 4.68. The van der Waals surface area contributed by atoms with E-state index in [1.54, 1.807) is 60.8 Å². The minimum atomic E-state index is -0.191. The van der Waals surface area contributed by atoms with Crippen molar-refractivity contribution in [1.82, 2.24) is 4.98 Å². The third-order valence-corrected chi connectivity index (χ3v) is 5.14. The van der Waals surface area contributed by atoms with Crippen molar-refractivity contribution < 1.29 is 9.59 Å². The average molecular weight is 450 g/mol. The standard InChI is InChI=1S/C24H17Cl2N3O2/c1-14(30)28-18-7-9-19(10-8-18)29-23-20-12-17(26)6-11-22(20)27-13-21(23)24(31)15-2-4-16(25)5-3-15/h2-13H,1H3,(H,27,29)(H,28,30). The second kappa shape index (κ2) is 8.76. The van der Waals surface area contributed by atoms with E-state index < -0.39 is 0 Å². The van der Waals surface area contributed by atoms with Crippen LogP contribution in [0.15, 0.2) is 72.9 Å². The number of nitrogens with zero attached hydrogens (tertiary/aromatic N) is 1. The summed E-state index contributed by atoms with van der Waals surface area (Å²) >= 11 is 12.2. The summed E-state index contributed by atoms with van der Waals surface area (Å²) in [6.45, 7) is 1.45. The molecule has 0 atom stereocenters. The van der Waals surface area contributed by atoms with Gasteiger partial charge in [-0.2, -0.15) is 0 Å². The average Bonchev–Trinajstić information content (AvgIpc) is 2.75. The van der Waals surface area contributed by atoms with Crippen molar-refractivity contribution in [2.75, 3.05) is 10.6 Å². The van der Waals surface area contributed by atoms with Gasteiger partial charge in [0.1, 0.15) is 0 Å². The summed E-state index contributed by atoms with van der Waals surface area (Å²) in [7, 11) is 0. The summed E-state index contributed by atoms with van der Waals surface area (Å²) in [4.78, 5) is 29.0. The fourth-order valence-electron chi connectivity index (χ4n) is 3.21. The molecule has 31 heavy (non-hydrogen) atoms. The number of carbonyl (C=O) groups excluding carboxylic acids is 2. The van der Waals surface area contributed by atoms with Crippen LogP contribution in [0.2, 0.25) is 10.0 Å². The summed E-state index contributed by atoms with van der Waals surface area (Å²) < 4.78 is 0. The Hall–Kier alpha value is -3.41. The summed E-state index contributed by atoms with van der Waals surface area (Å²) in [6, 6.07) is 19.2. The van der Waals surface area contributed by atoms with E-state index in [1.807, 2.05) is 12.1 Å². The number of carbonyl (C=O) groups is 2. The van der Waals surface area contributed by atoms with Crippen molar-refractivity contribution in [1.29, 1.82) is 0 Å². The topological polar surface area (TPSA) is 71.1 Å². The normalized spacial score (nSPS) is 10.7. The quantitative estimate of drug-likeness (QED) is 0.342. The first-order valence-electron chi connectivity index (χ1n) is 9.44. The van der Waals surface area contributed by atoms with Crippen molar-refractivity contribution in [3.8, 4) is 0 Å². The van der Waals surface area contributed by atoms with E-state index in [9.17, 15) is 9.59 Å². The summed E-state index contributed by atoms with van der Waals surface area (Å²) in [5.41, 5.74) is 3.62. The SMILES string of the molecule is CC(=O)Nc1ccc(Nc2c(C(=O)c3ccc(Cl)cc3)cnc3ccc(Cl)cc23)cc1. The van der Waals surface area contributed by atoms with Crippen LogP contribution >= 0.6 is 23.2 Å². The van der Waals surface area contributed by atoms with Crippen LogP contribution in [0, 0.1) is 0 Å². The van der Waals surface area contributed by atoms with Crippen molar-refractivity contribution in [3.63, 3.8) is 0 Å². The maximum Gasteiger partial charge on any atom is 0.221 e. The van der Waals surface area contributed by atoms with Gasteiger partial charge < -0.3 is 10.6 Å². The number of pyridine rings is 1. The van der Waals surface area contributed by atoms with E-state index in [-0.39, 0.29) is 11.7 Å². The molecule has 4 aromatic rings. The lowest BCUT2D eigenvalue weighted by atomic mass is 10.0. The monoisotopic (exact) mass is 449 g/mol. The first-order valence-corrected chi connectivity index (χ1v) is 10.2. The molecule has 1 aromatic heterocycles. The Morgan fingerprint density at radius 3 is 2.16 bits per heavy atom. The molecule has 0 saturated carbocycles. The predicted octanol–water partition coefficient (Wildman–Crippen LogP) is 6.47. The Labute approximate surface area is 189 Å². The number of halogens is 2. The molecule has 0 radical (unpaired) electrons. The van der Waals surface area contributed by atoms with Gasteiger partial charge in [0.15, 0.2) is 5.78 Å².